The molecule has 3 heteroatoms. The van der Waals surface area contributed by atoms with Crippen LogP contribution in [0.3, 0.4) is 0 Å². The van der Waals surface area contributed by atoms with E-state index in [1.807, 2.05) is 12.1 Å². The third kappa shape index (κ3) is 2.32. The molecule has 100 valence electrons. The Kier molecular flexibility index (Phi) is 3.81. The Balaban J connectivity index is 2.44. The van der Waals surface area contributed by atoms with Crippen molar-refractivity contribution in [1.29, 1.82) is 0 Å². The van der Waals surface area contributed by atoms with Crippen LogP contribution in [0, 0.1) is 5.92 Å². The van der Waals surface area contributed by atoms with Crippen LogP contribution >= 0.6 is 0 Å². The Morgan fingerprint density at radius 1 is 1.39 bits per heavy atom. The van der Waals surface area contributed by atoms with Crippen molar-refractivity contribution in [3.05, 3.63) is 23.8 Å². The van der Waals surface area contributed by atoms with Gasteiger partial charge in [-0.1, -0.05) is 13.0 Å². The zero-order valence-electron chi connectivity index (χ0n) is 11.7. The van der Waals surface area contributed by atoms with E-state index in [1.165, 1.54) is 6.42 Å². The van der Waals surface area contributed by atoms with E-state index in [2.05, 4.69) is 24.8 Å². The normalized spacial score (nSPS) is 25.3. The minimum atomic E-state index is -0.515. The molecule has 3 nitrogen and oxygen atoms in total. The van der Waals surface area contributed by atoms with E-state index in [0.29, 0.717) is 12.0 Å². The lowest BCUT2D eigenvalue weighted by Gasteiger charge is -2.28. The first kappa shape index (κ1) is 13.2. The van der Waals surface area contributed by atoms with Gasteiger partial charge in [0.15, 0.2) is 0 Å². The summed E-state index contributed by atoms with van der Waals surface area (Å²) < 4.78 is 5.38. The Hall–Kier alpha value is -1.22. The highest BCUT2D eigenvalue weighted by molar-refractivity contribution is 5.61. The standard InChI is InChI=1S/C15H23NO2/c1-10-8-11(2)16(9-10)13-6-5-7-14(18-4)15(13)12(3)17/h5-7,10-12,17H,8-9H2,1-4H3. The molecule has 1 N–H and O–H groups in total. The highest BCUT2D eigenvalue weighted by Gasteiger charge is 2.29. The molecular formula is C15H23NO2. The van der Waals surface area contributed by atoms with Gasteiger partial charge in [-0.2, -0.15) is 0 Å². The zero-order chi connectivity index (χ0) is 13.3. The van der Waals surface area contributed by atoms with Crippen LogP contribution in [0.5, 0.6) is 5.75 Å². The fraction of sp³-hybridized carbons (Fsp3) is 0.600. The van der Waals surface area contributed by atoms with Crippen molar-refractivity contribution >= 4 is 5.69 Å². The summed E-state index contributed by atoms with van der Waals surface area (Å²) >= 11 is 0. The smallest absolute Gasteiger partial charge is 0.126 e. The number of ether oxygens (including phenoxy) is 1. The third-order valence-electron chi connectivity index (χ3n) is 3.77. The van der Waals surface area contributed by atoms with E-state index in [1.54, 1.807) is 14.0 Å². The minimum absolute atomic E-state index is 0.515. The maximum atomic E-state index is 10.0. The molecule has 1 aliphatic heterocycles. The van der Waals surface area contributed by atoms with Crippen molar-refractivity contribution in [2.24, 2.45) is 5.92 Å². The molecule has 3 unspecified atom stereocenters. The molecule has 0 saturated carbocycles. The van der Waals surface area contributed by atoms with Gasteiger partial charge in [0.25, 0.3) is 0 Å². The molecule has 3 atom stereocenters. The van der Waals surface area contributed by atoms with Crippen molar-refractivity contribution in [1.82, 2.24) is 0 Å². The second kappa shape index (κ2) is 5.19. The van der Waals surface area contributed by atoms with E-state index >= 15 is 0 Å². The van der Waals surface area contributed by atoms with Crippen molar-refractivity contribution in [3.63, 3.8) is 0 Å². The maximum absolute atomic E-state index is 10.0. The first-order valence-electron chi connectivity index (χ1n) is 6.66. The van der Waals surface area contributed by atoms with Gasteiger partial charge in [0.2, 0.25) is 0 Å². The minimum Gasteiger partial charge on any atom is -0.496 e. The van der Waals surface area contributed by atoms with Gasteiger partial charge in [-0.25, -0.2) is 0 Å². The lowest BCUT2D eigenvalue weighted by molar-refractivity contribution is 0.194. The van der Waals surface area contributed by atoms with E-state index in [4.69, 9.17) is 4.74 Å². The number of aliphatic hydroxyl groups excluding tert-OH is 1. The Morgan fingerprint density at radius 3 is 2.61 bits per heavy atom. The second-order valence-corrected chi connectivity index (χ2v) is 5.41. The molecule has 1 heterocycles. The summed E-state index contributed by atoms with van der Waals surface area (Å²) in [6, 6.07) is 6.51. The topological polar surface area (TPSA) is 32.7 Å². The van der Waals surface area contributed by atoms with Gasteiger partial charge < -0.3 is 14.7 Å². The van der Waals surface area contributed by atoms with E-state index < -0.39 is 6.10 Å². The SMILES string of the molecule is COc1cccc(N2CC(C)CC2C)c1C(C)O. The molecule has 1 aliphatic rings. The van der Waals surface area contributed by atoms with Gasteiger partial charge in [-0.05, 0) is 38.3 Å². The molecule has 1 fully saturated rings. The van der Waals surface area contributed by atoms with Gasteiger partial charge in [0.05, 0.1) is 13.2 Å². The fourth-order valence-corrected chi connectivity index (χ4v) is 3.02. The molecule has 0 bridgehead atoms. The summed E-state index contributed by atoms with van der Waals surface area (Å²) in [7, 11) is 1.65. The van der Waals surface area contributed by atoms with Crippen molar-refractivity contribution < 1.29 is 9.84 Å². The van der Waals surface area contributed by atoms with Crippen LogP contribution < -0.4 is 9.64 Å². The molecule has 18 heavy (non-hydrogen) atoms. The number of methoxy groups -OCH3 is 1. The molecule has 0 aliphatic carbocycles. The Morgan fingerprint density at radius 2 is 2.11 bits per heavy atom. The van der Waals surface area contributed by atoms with Crippen LogP contribution in [0.2, 0.25) is 0 Å². The molecule has 1 aromatic carbocycles. The van der Waals surface area contributed by atoms with Gasteiger partial charge in [-0.3, -0.25) is 0 Å². The van der Waals surface area contributed by atoms with Gasteiger partial charge in [0.1, 0.15) is 5.75 Å². The average Bonchev–Trinajstić information content (AvgIpc) is 2.67. The number of hydrogen-bond donors (Lipinski definition) is 1. The number of benzene rings is 1. The first-order valence-corrected chi connectivity index (χ1v) is 6.66. The van der Waals surface area contributed by atoms with E-state index in [-0.39, 0.29) is 0 Å². The molecule has 2 rings (SSSR count). The molecule has 0 radical (unpaired) electrons. The summed E-state index contributed by atoms with van der Waals surface area (Å²) in [6.07, 6.45) is 0.690. The maximum Gasteiger partial charge on any atom is 0.126 e. The van der Waals surface area contributed by atoms with E-state index in [0.717, 1.165) is 23.5 Å². The molecule has 0 spiro atoms. The summed E-state index contributed by atoms with van der Waals surface area (Å²) in [4.78, 5) is 2.38. The fourth-order valence-electron chi connectivity index (χ4n) is 3.02. The predicted octanol–water partition coefficient (Wildman–Crippen LogP) is 2.98. The van der Waals surface area contributed by atoms with Gasteiger partial charge in [-0.15, -0.1) is 0 Å². The molecule has 1 saturated heterocycles. The largest absolute Gasteiger partial charge is 0.496 e. The number of hydrogen-bond acceptors (Lipinski definition) is 3. The quantitative estimate of drug-likeness (QED) is 0.894. The zero-order valence-corrected chi connectivity index (χ0v) is 11.7. The van der Waals surface area contributed by atoms with Crippen LogP contribution in [-0.4, -0.2) is 24.8 Å². The Bertz CT molecular complexity index is 417. The first-order chi connectivity index (χ1) is 8.54. The highest BCUT2D eigenvalue weighted by Crippen LogP contribution is 2.38. The third-order valence-corrected chi connectivity index (χ3v) is 3.77. The molecule has 0 amide bonds. The molecule has 1 aromatic rings. The monoisotopic (exact) mass is 249 g/mol. The highest BCUT2D eigenvalue weighted by atomic mass is 16.5. The van der Waals surface area contributed by atoms with Gasteiger partial charge in [0, 0.05) is 23.8 Å². The van der Waals surface area contributed by atoms with Gasteiger partial charge >= 0.3 is 0 Å². The van der Waals surface area contributed by atoms with Crippen LogP contribution in [0.4, 0.5) is 5.69 Å². The van der Waals surface area contributed by atoms with Crippen LogP contribution in [0.15, 0.2) is 18.2 Å². The lowest BCUT2D eigenvalue weighted by atomic mass is 10.1. The number of nitrogens with zero attached hydrogens (tertiary/aromatic N) is 1. The second-order valence-electron chi connectivity index (χ2n) is 5.41. The molecule has 0 aromatic heterocycles. The van der Waals surface area contributed by atoms with Crippen molar-refractivity contribution in [2.45, 2.75) is 39.3 Å². The van der Waals surface area contributed by atoms with E-state index in [9.17, 15) is 5.11 Å². The number of anilines is 1. The summed E-state index contributed by atoms with van der Waals surface area (Å²) in [5.41, 5.74) is 2.02. The Labute approximate surface area is 109 Å². The number of aliphatic hydroxyl groups is 1. The van der Waals surface area contributed by atoms with Crippen molar-refractivity contribution in [2.75, 3.05) is 18.6 Å². The number of rotatable bonds is 3. The van der Waals surface area contributed by atoms with Crippen LogP contribution in [-0.2, 0) is 0 Å². The van der Waals surface area contributed by atoms with Crippen LogP contribution in [0.1, 0.15) is 38.9 Å². The summed E-state index contributed by atoms with van der Waals surface area (Å²) in [5, 5.41) is 10.0. The summed E-state index contributed by atoms with van der Waals surface area (Å²) in [5.74, 6) is 1.47. The molecular weight excluding hydrogens is 226 g/mol. The average molecular weight is 249 g/mol. The summed E-state index contributed by atoms with van der Waals surface area (Å²) in [6.45, 7) is 7.37. The van der Waals surface area contributed by atoms with Crippen LogP contribution in [0.25, 0.3) is 0 Å². The lowest BCUT2D eigenvalue weighted by Crippen LogP contribution is -2.28. The predicted molar refractivity (Wildman–Crippen MR) is 74.2 cm³/mol. The van der Waals surface area contributed by atoms with Crippen molar-refractivity contribution in [3.8, 4) is 5.75 Å².